The van der Waals surface area contributed by atoms with Gasteiger partial charge >= 0.3 is 0 Å². The van der Waals surface area contributed by atoms with Crippen molar-refractivity contribution in [1.29, 1.82) is 0 Å². The van der Waals surface area contributed by atoms with Gasteiger partial charge in [0.15, 0.2) is 0 Å². The normalized spacial score (nSPS) is 22.3. The quantitative estimate of drug-likeness (QED) is 0.781. The summed E-state index contributed by atoms with van der Waals surface area (Å²) in [5, 5.41) is 4.19. The number of rotatable bonds is 1. The third-order valence-corrected chi connectivity index (χ3v) is 5.03. The number of fused-ring (bicyclic) bond motifs is 2. The summed E-state index contributed by atoms with van der Waals surface area (Å²) in [7, 11) is 3.64. The summed E-state index contributed by atoms with van der Waals surface area (Å²) in [6.07, 6.45) is 3.48. The van der Waals surface area contributed by atoms with E-state index in [-0.39, 0.29) is 24.0 Å². The van der Waals surface area contributed by atoms with E-state index in [1.54, 1.807) is 40.7 Å². The molecule has 0 bridgehead atoms. The Morgan fingerprint density at radius 2 is 2.04 bits per heavy atom. The third kappa shape index (κ3) is 2.56. The molecule has 7 nitrogen and oxygen atoms in total. The predicted octanol–water partition coefficient (Wildman–Crippen LogP) is 1.15. The molecule has 3 heterocycles. The molecule has 2 unspecified atom stereocenters. The van der Waals surface area contributed by atoms with Gasteiger partial charge in [-0.1, -0.05) is 6.07 Å². The van der Waals surface area contributed by atoms with Crippen molar-refractivity contribution in [1.82, 2.24) is 19.6 Å². The van der Waals surface area contributed by atoms with Crippen molar-refractivity contribution >= 4 is 11.8 Å². The Kier molecular flexibility index (Phi) is 3.52. The van der Waals surface area contributed by atoms with Crippen LogP contribution in [0.2, 0.25) is 0 Å². The molecule has 2 aromatic rings. The van der Waals surface area contributed by atoms with Crippen LogP contribution in [0.3, 0.4) is 0 Å². The van der Waals surface area contributed by atoms with Crippen LogP contribution in [0.15, 0.2) is 30.6 Å². The summed E-state index contributed by atoms with van der Waals surface area (Å²) in [6.45, 7) is 2.54. The van der Waals surface area contributed by atoms with E-state index in [9.17, 15) is 9.59 Å². The second kappa shape index (κ2) is 5.61. The first kappa shape index (κ1) is 15.7. The minimum absolute atomic E-state index is 0.00172. The van der Waals surface area contributed by atoms with E-state index in [1.165, 1.54) is 0 Å². The summed E-state index contributed by atoms with van der Waals surface area (Å²) in [5.74, 6) is 0.489. The number of amides is 2. The molecule has 2 amide bonds. The van der Waals surface area contributed by atoms with Crippen molar-refractivity contribution in [2.24, 2.45) is 7.05 Å². The van der Waals surface area contributed by atoms with Gasteiger partial charge in [0.1, 0.15) is 11.9 Å². The van der Waals surface area contributed by atoms with Gasteiger partial charge in [0.25, 0.3) is 5.91 Å². The van der Waals surface area contributed by atoms with Crippen LogP contribution in [0, 0.1) is 0 Å². The fourth-order valence-corrected chi connectivity index (χ4v) is 3.55. The number of likely N-dealkylation sites (N-methyl/N-ethyl adjacent to an activating group) is 1. The zero-order chi connectivity index (χ0) is 17.7. The number of hydrogen-bond donors (Lipinski definition) is 0. The van der Waals surface area contributed by atoms with Crippen molar-refractivity contribution in [2.45, 2.75) is 19.1 Å². The van der Waals surface area contributed by atoms with Crippen LogP contribution in [0.4, 0.5) is 0 Å². The molecule has 4 rings (SSSR count). The molecule has 1 saturated heterocycles. The summed E-state index contributed by atoms with van der Waals surface area (Å²) < 4.78 is 7.92. The molecule has 1 fully saturated rings. The Morgan fingerprint density at radius 1 is 1.24 bits per heavy atom. The van der Waals surface area contributed by atoms with Crippen molar-refractivity contribution in [3.63, 3.8) is 0 Å². The minimum atomic E-state index is -0.219. The average molecular weight is 340 g/mol. The van der Waals surface area contributed by atoms with Gasteiger partial charge in [0.05, 0.1) is 24.3 Å². The number of aromatic nitrogens is 2. The maximum absolute atomic E-state index is 12.8. The highest BCUT2D eigenvalue weighted by Crippen LogP contribution is 2.34. The first-order valence-corrected chi connectivity index (χ1v) is 8.26. The van der Waals surface area contributed by atoms with Crippen LogP contribution < -0.4 is 4.74 Å². The van der Waals surface area contributed by atoms with Crippen LogP contribution in [0.25, 0.3) is 11.1 Å². The Labute approximate surface area is 145 Å². The number of carbonyl (C=O) groups is 2. The van der Waals surface area contributed by atoms with Gasteiger partial charge in [0.2, 0.25) is 5.91 Å². The molecule has 0 radical (unpaired) electrons. The first-order chi connectivity index (χ1) is 11.9. The lowest BCUT2D eigenvalue weighted by Gasteiger charge is -2.24. The van der Waals surface area contributed by atoms with Gasteiger partial charge in [-0.05, 0) is 17.7 Å². The molecule has 0 aliphatic carbocycles. The molecule has 2 aliphatic heterocycles. The number of benzene rings is 1. The number of nitrogens with zero attached hydrogens (tertiary/aromatic N) is 4. The number of hydrogen-bond acceptors (Lipinski definition) is 4. The van der Waals surface area contributed by atoms with E-state index < -0.39 is 0 Å². The summed E-state index contributed by atoms with van der Waals surface area (Å²) in [4.78, 5) is 28.0. The zero-order valence-electron chi connectivity index (χ0n) is 14.5. The highest BCUT2D eigenvalue weighted by Gasteiger charge is 2.43. The molecule has 0 saturated carbocycles. The monoisotopic (exact) mass is 340 g/mol. The molecule has 0 spiro atoms. The molecule has 2 aliphatic rings. The van der Waals surface area contributed by atoms with E-state index >= 15 is 0 Å². The fourth-order valence-electron chi connectivity index (χ4n) is 3.55. The van der Waals surface area contributed by atoms with Crippen molar-refractivity contribution in [3.8, 4) is 16.9 Å². The van der Waals surface area contributed by atoms with Crippen LogP contribution in [-0.2, 0) is 11.8 Å². The van der Waals surface area contributed by atoms with Crippen LogP contribution in [0.1, 0.15) is 17.3 Å². The third-order valence-electron chi connectivity index (χ3n) is 5.03. The van der Waals surface area contributed by atoms with Gasteiger partial charge in [0, 0.05) is 39.3 Å². The van der Waals surface area contributed by atoms with Gasteiger partial charge in [-0.25, -0.2) is 0 Å². The maximum atomic E-state index is 12.8. The van der Waals surface area contributed by atoms with E-state index in [0.29, 0.717) is 24.4 Å². The lowest BCUT2D eigenvalue weighted by Crippen LogP contribution is -2.44. The lowest BCUT2D eigenvalue weighted by atomic mass is 10.1. The molecule has 25 heavy (non-hydrogen) atoms. The zero-order valence-corrected chi connectivity index (χ0v) is 14.5. The van der Waals surface area contributed by atoms with Crippen molar-refractivity contribution in [3.05, 3.63) is 36.2 Å². The standard InChI is InChI=1S/C18H20N4O3/c1-11(23)22-9-15-17(10-22)25-16-6-12(13-7-19-20(2)8-13)4-5-14(16)18(24)21(15)3/h4-8,15,17H,9-10H2,1-3H3. The SMILES string of the molecule is CC(=O)N1CC2Oc3cc(-c4cnn(C)c4)ccc3C(=O)N(C)C2C1. The molecule has 1 aromatic carbocycles. The fraction of sp³-hybridized carbons (Fsp3) is 0.389. The van der Waals surface area contributed by atoms with E-state index in [0.717, 1.165) is 11.1 Å². The molecule has 130 valence electrons. The van der Waals surface area contributed by atoms with Gasteiger partial charge in [-0.3, -0.25) is 14.3 Å². The van der Waals surface area contributed by atoms with Crippen LogP contribution >= 0.6 is 0 Å². The van der Waals surface area contributed by atoms with E-state index in [2.05, 4.69) is 5.10 Å². The molecule has 1 aromatic heterocycles. The molecular formula is C18H20N4O3. The van der Waals surface area contributed by atoms with E-state index in [4.69, 9.17) is 4.74 Å². The van der Waals surface area contributed by atoms with Crippen molar-refractivity contribution < 1.29 is 14.3 Å². The molecule has 7 heteroatoms. The Bertz CT molecular complexity index is 860. The van der Waals surface area contributed by atoms with Crippen LogP contribution in [-0.4, -0.2) is 63.7 Å². The minimum Gasteiger partial charge on any atom is -0.485 e. The summed E-state index contributed by atoms with van der Waals surface area (Å²) >= 11 is 0. The Morgan fingerprint density at radius 3 is 2.72 bits per heavy atom. The van der Waals surface area contributed by atoms with E-state index in [1.807, 2.05) is 25.4 Å². The Balaban J connectivity index is 1.72. The highest BCUT2D eigenvalue weighted by atomic mass is 16.5. The number of ether oxygens (including phenoxy) is 1. The maximum Gasteiger partial charge on any atom is 0.257 e. The second-order valence-electron chi connectivity index (χ2n) is 6.68. The Hall–Kier alpha value is -2.83. The first-order valence-electron chi connectivity index (χ1n) is 8.26. The lowest BCUT2D eigenvalue weighted by molar-refractivity contribution is -0.128. The van der Waals surface area contributed by atoms with Gasteiger partial charge in [-0.15, -0.1) is 0 Å². The highest BCUT2D eigenvalue weighted by molar-refractivity contribution is 5.98. The van der Waals surface area contributed by atoms with Crippen LogP contribution in [0.5, 0.6) is 5.75 Å². The molecule has 0 N–H and O–H groups in total. The predicted molar refractivity (Wildman–Crippen MR) is 91.2 cm³/mol. The largest absolute Gasteiger partial charge is 0.485 e. The topological polar surface area (TPSA) is 67.7 Å². The number of likely N-dealkylation sites (tertiary alicyclic amines) is 1. The second-order valence-corrected chi connectivity index (χ2v) is 6.68. The van der Waals surface area contributed by atoms with Gasteiger partial charge in [-0.2, -0.15) is 5.10 Å². The van der Waals surface area contributed by atoms with Gasteiger partial charge < -0.3 is 14.5 Å². The molecular weight excluding hydrogens is 320 g/mol. The summed E-state index contributed by atoms with van der Waals surface area (Å²) in [5.41, 5.74) is 2.47. The number of aryl methyl sites for hydroxylation is 1. The summed E-state index contributed by atoms with van der Waals surface area (Å²) in [6, 6.07) is 5.47. The smallest absolute Gasteiger partial charge is 0.257 e. The molecule has 2 atom stereocenters. The average Bonchev–Trinajstić information content (AvgIpc) is 3.18. The van der Waals surface area contributed by atoms with Crippen molar-refractivity contribution in [2.75, 3.05) is 20.1 Å². The number of carbonyl (C=O) groups excluding carboxylic acids is 2.